The van der Waals surface area contributed by atoms with E-state index in [1.54, 1.807) is 43.0 Å². The van der Waals surface area contributed by atoms with Gasteiger partial charge in [-0.3, -0.25) is 9.78 Å². The highest BCUT2D eigenvalue weighted by Gasteiger charge is 2.37. The first kappa shape index (κ1) is 26.7. The molecular weight excluding hydrogens is 507 g/mol. The number of ether oxygens (including phenoxy) is 1. The van der Waals surface area contributed by atoms with E-state index in [4.69, 9.17) is 16.3 Å². The summed E-state index contributed by atoms with van der Waals surface area (Å²) in [6.45, 7) is 4.42. The van der Waals surface area contributed by atoms with E-state index in [9.17, 15) is 22.8 Å². The molecule has 0 aliphatic carbocycles. The largest absolute Gasteiger partial charge is 0.462 e. The zero-order valence-electron chi connectivity index (χ0n) is 20.5. The van der Waals surface area contributed by atoms with Gasteiger partial charge in [-0.05, 0) is 61.6 Å². The first-order valence-corrected chi connectivity index (χ1v) is 12.5. The van der Waals surface area contributed by atoms with Gasteiger partial charge >= 0.3 is 12.1 Å². The number of hydrogen-bond donors (Lipinski definition) is 1. The molecule has 2 aromatic carbocycles. The van der Waals surface area contributed by atoms with Crippen molar-refractivity contribution in [3.05, 3.63) is 64.3 Å². The Kier molecular flexibility index (Phi) is 7.92. The molecule has 0 radical (unpaired) electrons. The molecule has 1 fully saturated rings. The van der Waals surface area contributed by atoms with Crippen LogP contribution in [0.1, 0.15) is 60.5 Å². The van der Waals surface area contributed by atoms with Gasteiger partial charge in [0.1, 0.15) is 5.56 Å². The van der Waals surface area contributed by atoms with Crippen LogP contribution in [-0.4, -0.2) is 41.5 Å². The number of carbonyl (C=O) groups is 2. The second-order valence-corrected chi connectivity index (χ2v) is 9.30. The van der Waals surface area contributed by atoms with Crippen molar-refractivity contribution in [2.24, 2.45) is 0 Å². The lowest BCUT2D eigenvalue weighted by molar-refractivity contribution is -0.139. The molecular formula is C27H27ClF3N3O3. The van der Waals surface area contributed by atoms with Gasteiger partial charge in [0, 0.05) is 41.8 Å². The Labute approximate surface area is 217 Å². The summed E-state index contributed by atoms with van der Waals surface area (Å²) in [4.78, 5) is 30.6. The number of piperidine rings is 1. The maximum absolute atomic E-state index is 14.2. The highest BCUT2D eigenvalue weighted by Crippen LogP contribution is 2.41. The van der Waals surface area contributed by atoms with Crippen LogP contribution in [-0.2, 0) is 15.7 Å². The van der Waals surface area contributed by atoms with Crippen LogP contribution in [0.5, 0.6) is 0 Å². The van der Waals surface area contributed by atoms with Crippen molar-refractivity contribution in [3.63, 3.8) is 0 Å². The Morgan fingerprint density at radius 3 is 2.51 bits per heavy atom. The summed E-state index contributed by atoms with van der Waals surface area (Å²) >= 11 is 6.17. The lowest BCUT2D eigenvalue weighted by Gasteiger charge is -2.33. The highest BCUT2D eigenvalue weighted by molar-refractivity contribution is 6.31. The number of likely N-dealkylation sites (tertiary alicyclic amines) is 1. The van der Waals surface area contributed by atoms with E-state index in [2.05, 4.69) is 10.3 Å². The maximum Gasteiger partial charge on any atom is 0.416 e. The zero-order chi connectivity index (χ0) is 26.7. The number of benzene rings is 2. The molecule has 37 heavy (non-hydrogen) atoms. The standard InChI is InChI=1S/C27H27ClF3N3O3/c1-3-24(35)34-11-9-16(10-12-34)19-7-6-18(14-22(19)27(29,30)31)33-25-20-13-17(28)5-8-23(20)32-15-21(25)26(36)37-4-2/h5-8,13-16H,3-4,9-12H2,1-2H3,(H,32,33). The minimum Gasteiger partial charge on any atom is -0.462 e. The molecule has 3 aromatic rings. The normalized spacial score (nSPS) is 14.6. The van der Waals surface area contributed by atoms with Gasteiger partial charge in [-0.2, -0.15) is 13.2 Å². The van der Waals surface area contributed by atoms with E-state index in [1.165, 1.54) is 12.3 Å². The van der Waals surface area contributed by atoms with Crippen molar-refractivity contribution in [2.75, 3.05) is 25.0 Å². The van der Waals surface area contributed by atoms with Crippen LogP contribution in [0.2, 0.25) is 5.02 Å². The Balaban J connectivity index is 1.72. The number of rotatable bonds is 6. The lowest BCUT2D eigenvalue weighted by atomic mass is 9.86. The van der Waals surface area contributed by atoms with Crippen molar-refractivity contribution in [1.29, 1.82) is 0 Å². The third-order valence-electron chi connectivity index (χ3n) is 6.54. The molecule has 1 aliphatic heterocycles. The number of hydrogen-bond acceptors (Lipinski definition) is 5. The Hall–Kier alpha value is -3.33. The third kappa shape index (κ3) is 5.82. The van der Waals surface area contributed by atoms with Gasteiger partial charge in [-0.25, -0.2) is 4.79 Å². The number of carbonyl (C=O) groups excluding carboxylic acids is 2. The van der Waals surface area contributed by atoms with Gasteiger partial charge in [0.25, 0.3) is 0 Å². The molecule has 2 heterocycles. The topological polar surface area (TPSA) is 71.5 Å². The predicted molar refractivity (Wildman–Crippen MR) is 136 cm³/mol. The summed E-state index contributed by atoms with van der Waals surface area (Å²) in [6.07, 6.45) is -1.95. The number of amides is 1. The number of alkyl halides is 3. The number of halogens is 4. The number of nitrogens with one attached hydrogen (secondary N) is 1. The molecule has 0 saturated carbocycles. The number of aromatic nitrogens is 1. The Bertz CT molecular complexity index is 1320. The summed E-state index contributed by atoms with van der Waals surface area (Å²) in [7, 11) is 0. The van der Waals surface area contributed by atoms with Crippen LogP contribution in [0.25, 0.3) is 10.9 Å². The zero-order valence-corrected chi connectivity index (χ0v) is 21.2. The molecule has 1 aromatic heterocycles. The summed E-state index contributed by atoms with van der Waals surface area (Å²) in [5.41, 5.74) is 0.482. The first-order valence-electron chi connectivity index (χ1n) is 12.1. The molecule has 0 unspecified atom stereocenters. The Morgan fingerprint density at radius 2 is 1.86 bits per heavy atom. The minimum atomic E-state index is -4.59. The highest BCUT2D eigenvalue weighted by atomic mass is 35.5. The quantitative estimate of drug-likeness (QED) is 0.347. The third-order valence-corrected chi connectivity index (χ3v) is 6.78. The van der Waals surface area contributed by atoms with Gasteiger partial charge < -0.3 is 15.0 Å². The molecule has 1 N–H and O–H groups in total. The van der Waals surface area contributed by atoms with E-state index in [0.29, 0.717) is 48.3 Å². The average molecular weight is 534 g/mol. The second-order valence-electron chi connectivity index (χ2n) is 8.86. The van der Waals surface area contributed by atoms with Crippen molar-refractivity contribution in [2.45, 2.75) is 45.2 Å². The minimum absolute atomic E-state index is 0.0103. The van der Waals surface area contributed by atoms with E-state index >= 15 is 0 Å². The SMILES string of the molecule is CCOC(=O)c1cnc2ccc(Cl)cc2c1Nc1ccc(C2CCN(C(=O)CC)CC2)c(C(F)(F)F)c1. The first-order chi connectivity index (χ1) is 17.6. The fourth-order valence-corrected chi connectivity index (χ4v) is 4.88. The van der Waals surface area contributed by atoms with Crippen molar-refractivity contribution < 1.29 is 27.5 Å². The van der Waals surface area contributed by atoms with E-state index in [-0.39, 0.29) is 40.9 Å². The smallest absolute Gasteiger partial charge is 0.416 e. The van der Waals surface area contributed by atoms with Gasteiger partial charge in [-0.1, -0.05) is 24.6 Å². The summed E-state index contributed by atoms with van der Waals surface area (Å²) in [6, 6.07) is 9.01. The lowest BCUT2D eigenvalue weighted by Crippen LogP contribution is -2.37. The molecule has 0 spiro atoms. The molecule has 4 rings (SSSR count). The molecule has 1 aliphatic rings. The van der Waals surface area contributed by atoms with Crippen molar-refractivity contribution in [3.8, 4) is 0 Å². The summed E-state index contributed by atoms with van der Waals surface area (Å²) < 4.78 is 47.7. The molecule has 10 heteroatoms. The molecule has 1 saturated heterocycles. The van der Waals surface area contributed by atoms with Crippen molar-refractivity contribution >= 4 is 45.8 Å². The molecule has 0 bridgehead atoms. The van der Waals surface area contributed by atoms with E-state index in [1.807, 2.05) is 0 Å². The van der Waals surface area contributed by atoms with Gasteiger partial charge in [-0.15, -0.1) is 0 Å². The van der Waals surface area contributed by atoms with Gasteiger partial charge in [0.15, 0.2) is 0 Å². The van der Waals surface area contributed by atoms with Crippen LogP contribution in [0, 0.1) is 0 Å². The number of nitrogens with zero attached hydrogens (tertiary/aromatic N) is 2. The monoisotopic (exact) mass is 533 g/mol. The predicted octanol–water partition coefficient (Wildman–Crippen LogP) is 6.94. The van der Waals surface area contributed by atoms with Crippen LogP contribution in [0.4, 0.5) is 24.5 Å². The van der Waals surface area contributed by atoms with Crippen LogP contribution in [0.15, 0.2) is 42.6 Å². The fourth-order valence-electron chi connectivity index (χ4n) is 4.71. The fraction of sp³-hybridized carbons (Fsp3) is 0.370. The maximum atomic E-state index is 14.2. The molecule has 0 atom stereocenters. The average Bonchev–Trinajstić information content (AvgIpc) is 2.88. The van der Waals surface area contributed by atoms with E-state index < -0.39 is 17.7 Å². The van der Waals surface area contributed by atoms with Crippen LogP contribution >= 0.6 is 11.6 Å². The summed E-state index contributed by atoms with van der Waals surface area (Å²) in [5.74, 6) is -0.959. The molecule has 1 amide bonds. The summed E-state index contributed by atoms with van der Waals surface area (Å²) in [5, 5.41) is 3.86. The number of fused-ring (bicyclic) bond motifs is 1. The number of anilines is 2. The molecule has 196 valence electrons. The van der Waals surface area contributed by atoms with Gasteiger partial charge in [0.05, 0.1) is 23.4 Å². The molecule has 6 nitrogen and oxygen atoms in total. The van der Waals surface area contributed by atoms with Crippen LogP contribution in [0.3, 0.4) is 0 Å². The Morgan fingerprint density at radius 1 is 1.14 bits per heavy atom. The van der Waals surface area contributed by atoms with Crippen molar-refractivity contribution in [1.82, 2.24) is 9.88 Å². The number of pyridine rings is 1. The second kappa shape index (κ2) is 11.0. The van der Waals surface area contributed by atoms with Gasteiger partial charge in [0.2, 0.25) is 5.91 Å². The van der Waals surface area contributed by atoms with E-state index in [0.717, 1.165) is 6.07 Å². The number of esters is 1. The van der Waals surface area contributed by atoms with Crippen LogP contribution < -0.4 is 5.32 Å².